The van der Waals surface area contributed by atoms with E-state index >= 15 is 0 Å². The molecule has 0 spiro atoms. The summed E-state index contributed by atoms with van der Waals surface area (Å²) in [5, 5.41) is 0. The van der Waals surface area contributed by atoms with Gasteiger partial charge in [-0.1, -0.05) is 24.3 Å². The van der Waals surface area contributed by atoms with Crippen LogP contribution in [0.25, 0.3) is 0 Å². The molecule has 2 amide bonds. The van der Waals surface area contributed by atoms with Gasteiger partial charge >= 0.3 is 0 Å². The maximum absolute atomic E-state index is 12.9. The number of hydrogen-bond acceptors (Lipinski definition) is 3. The summed E-state index contributed by atoms with van der Waals surface area (Å²) < 4.78 is 0. The lowest BCUT2D eigenvalue weighted by Gasteiger charge is -2.37. The molecule has 1 aromatic carbocycles. The number of hydrogen-bond donors (Lipinski definition) is 1. The summed E-state index contributed by atoms with van der Waals surface area (Å²) >= 11 is 0. The Hall–Kier alpha value is -1.94. The second kappa shape index (κ2) is 4.07. The minimum Gasteiger partial charge on any atom is -0.326 e. The van der Waals surface area contributed by atoms with Gasteiger partial charge in [0.1, 0.15) is 0 Å². The van der Waals surface area contributed by atoms with Gasteiger partial charge in [0.2, 0.25) is 11.8 Å². The molecule has 5 aliphatic rings. The van der Waals surface area contributed by atoms with Gasteiger partial charge in [0.15, 0.2) is 0 Å². The molecule has 1 saturated heterocycles. The first kappa shape index (κ1) is 12.6. The quantitative estimate of drug-likeness (QED) is 0.667. The van der Waals surface area contributed by atoms with E-state index in [-0.39, 0.29) is 35.5 Å². The Labute approximate surface area is 129 Å². The molecule has 1 heterocycles. The molecule has 6 rings (SSSR count). The molecule has 6 atom stereocenters. The van der Waals surface area contributed by atoms with E-state index in [1.54, 1.807) is 0 Å². The number of carbonyl (C=O) groups excluding carboxylic acids is 2. The summed E-state index contributed by atoms with van der Waals surface area (Å²) in [5.74, 6) is 1.61. The smallest absolute Gasteiger partial charge is 0.238 e. The molecule has 2 saturated carbocycles. The van der Waals surface area contributed by atoms with E-state index in [2.05, 4.69) is 12.2 Å². The lowest BCUT2D eigenvalue weighted by Crippen LogP contribution is -2.40. The highest BCUT2D eigenvalue weighted by atomic mass is 16.2. The zero-order chi connectivity index (χ0) is 15.0. The van der Waals surface area contributed by atoms with Crippen molar-refractivity contribution in [1.29, 1.82) is 0 Å². The second-order valence-corrected chi connectivity index (χ2v) is 7.04. The highest BCUT2D eigenvalue weighted by Crippen LogP contribution is 2.65. The van der Waals surface area contributed by atoms with Gasteiger partial charge in [-0.2, -0.15) is 0 Å². The molecule has 1 aliphatic heterocycles. The minimum atomic E-state index is -0.125. The molecule has 3 fully saturated rings. The van der Waals surface area contributed by atoms with Crippen LogP contribution in [0.3, 0.4) is 0 Å². The molecule has 2 bridgehead atoms. The number of carbonyl (C=O) groups is 2. The number of amides is 2. The monoisotopic (exact) mass is 294 g/mol. The van der Waals surface area contributed by atoms with Gasteiger partial charge in [0.25, 0.3) is 0 Å². The average Bonchev–Trinajstić information content (AvgIpc) is 3.32. The molecule has 0 radical (unpaired) electrons. The van der Waals surface area contributed by atoms with E-state index in [9.17, 15) is 9.59 Å². The van der Waals surface area contributed by atoms with Crippen molar-refractivity contribution in [2.45, 2.75) is 13.0 Å². The van der Waals surface area contributed by atoms with E-state index in [1.165, 1.54) is 11.3 Å². The van der Waals surface area contributed by atoms with Crippen LogP contribution in [0.4, 0.5) is 5.69 Å². The fourth-order valence-corrected chi connectivity index (χ4v) is 4.99. The molecule has 112 valence electrons. The Bertz CT molecular complexity index is 672. The SMILES string of the molecule is NCc1ccc(N2C(=O)[C@@H]3[C@@H]4C=C[C@@H]([C@H]5C[C@@H]45)[C@@H]3C2=O)cc1. The number of allylic oxidation sites excluding steroid dienone is 2. The minimum absolute atomic E-state index is 0.000184. The summed E-state index contributed by atoms with van der Waals surface area (Å²) in [4.78, 5) is 27.2. The summed E-state index contributed by atoms with van der Waals surface area (Å²) in [6.07, 6.45) is 5.60. The number of imide groups is 1. The van der Waals surface area contributed by atoms with E-state index in [0.717, 1.165) is 5.56 Å². The standard InChI is InChI=1S/C18H18N2O2/c19-8-9-1-3-10(4-2-9)20-17(21)15-11-5-6-12(14-7-13(11)14)16(15)18(20)22/h1-6,11-16H,7-8,19H2/t11-,12+,13+,14-,15-,16+. The maximum atomic E-state index is 12.9. The van der Waals surface area contributed by atoms with Crippen molar-refractivity contribution >= 4 is 17.5 Å². The Morgan fingerprint density at radius 3 is 2.00 bits per heavy atom. The third kappa shape index (κ3) is 1.41. The van der Waals surface area contributed by atoms with Gasteiger partial charge in [-0.25, -0.2) is 0 Å². The first-order valence-corrected chi connectivity index (χ1v) is 8.06. The largest absolute Gasteiger partial charge is 0.326 e. The van der Waals surface area contributed by atoms with Crippen LogP contribution < -0.4 is 10.6 Å². The molecule has 4 heteroatoms. The van der Waals surface area contributed by atoms with Crippen molar-refractivity contribution in [3.8, 4) is 0 Å². The third-order valence-corrected chi connectivity index (χ3v) is 6.09. The van der Waals surface area contributed by atoms with Crippen LogP contribution in [0.15, 0.2) is 36.4 Å². The summed E-state index contributed by atoms with van der Waals surface area (Å²) in [6, 6.07) is 7.46. The topological polar surface area (TPSA) is 63.4 Å². The fourth-order valence-electron chi connectivity index (χ4n) is 4.99. The lowest BCUT2D eigenvalue weighted by atomic mass is 9.63. The first-order valence-electron chi connectivity index (χ1n) is 8.06. The van der Waals surface area contributed by atoms with Crippen molar-refractivity contribution in [2.24, 2.45) is 41.2 Å². The van der Waals surface area contributed by atoms with Crippen LogP contribution in [-0.4, -0.2) is 11.8 Å². The van der Waals surface area contributed by atoms with Gasteiger partial charge in [-0.05, 0) is 47.8 Å². The zero-order valence-corrected chi connectivity index (χ0v) is 12.2. The van der Waals surface area contributed by atoms with Gasteiger partial charge in [0, 0.05) is 6.54 Å². The molecule has 4 nitrogen and oxygen atoms in total. The van der Waals surface area contributed by atoms with Crippen LogP contribution >= 0.6 is 0 Å². The fraction of sp³-hybridized carbons (Fsp3) is 0.444. The third-order valence-electron chi connectivity index (χ3n) is 6.09. The summed E-state index contributed by atoms with van der Waals surface area (Å²) in [6.45, 7) is 0.463. The molecule has 22 heavy (non-hydrogen) atoms. The predicted octanol–water partition coefficient (Wildman–Crippen LogP) is 1.70. The molecule has 0 aromatic heterocycles. The number of nitrogens with zero attached hydrogens (tertiary/aromatic N) is 1. The van der Waals surface area contributed by atoms with E-state index in [0.29, 0.717) is 24.1 Å². The maximum Gasteiger partial charge on any atom is 0.238 e. The van der Waals surface area contributed by atoms with Crippen LogP contribution in [0.2, 0.25) is 0 Å². The first-order chi connectivity index (χ1) is 10.7. The van der Waals surface area contributed by atoms with Crippen molar-refractivity contribution in [3.63, 3.8) is 0 Å². The molecule has 2 N–H and O–H groups in total. The van der Waals surface area contributed by atoms with Crippen molar-refractivity contribution in [2.75, 3.05) is 4.90 Å². The highest BCUT2D eigenvalue weighted by molar-refractivity contribution is 6.22. The van der Waals surface area contributed by atoms with Gasteiger partial charge in [-0.15, -0.1) is 0 Å². The number of rotatable bonds is 2. The highest BCUT2D eigenvalue weighted by Gasteiger charge is 2.67. The molecular formula is C18H18N2O2. The normalized spacial score (nSPS) is 40.9. The zero-order valence-electron chi connectivity index (χ0n) is 12.2. The molecule has 4 aliphatic carbocycles. The number of anilines is 1. The van der Waals surface area contributed by atoms with Crippen molar-refractivity contribution in [1.82, 2.24) is 0 Å². The van der Waals surface area contributed by atoms with E-state index in [1.807, 2.05) is 24.3 Å². The van der Waals surface area contributed by atoms with Crippen molar-refractivity contribution in [3.05, 3.63) is 42.0 Å². The Balaban J connectivity index is 1.54. The van der Waals surface area contributed by atoms with Crippen LogP contribution in [0, 0.1) is 35.5 Å². The molecule has 1 aromatic rings. The Morgan fingerprint density at radius 1 is 0.955 bits per heavy atom. The van der Waals surface area contributed by atoms with Crippen LogP contribution in [0.5, 0.6) is 0 Å². The number of nitrogens with two attached hydrogens (primary N) is 1. The molecule has 0 unspecified atom stereocenters. The van der Waals surface area contributed by atoms with Gasteiger partial charge < -0.3 is 5.73 Å². The van der Waals surface area contributed by atoms with Crippen LogP contribution in [-0.2, 0) is 16.1 Å². The molecular weight excluding hydrogens is 276 g/mol. The average molecular weight is 294 g/mol. The number of benzene rings is 1. The van der Waals surface area contributed by atoms with E-state index in [4.69, 9.17) is 5.73 Å². The lowest BCUT2D eigenvalue weighted by molar-refractivity contribution is -0.124. The Kier molecular flexibility index (Phi) is 2.33. The summed E-state index contributed by atoms with van der Waals surface area (Å²) in [5.41, 5.74) is 7.30. The second-order valence-electron chi connectivity index (χ2n) is 7.04. The van der Waals surface area contributed by atoms with Crippen LogP contribution in [0.1, 0.15) is 12.0 Å². The van der Waals surface area contributed by atoms with Gasteiger partial charge in [0.05, 0.1) is 17.5 Å². The van der Waals surface area contributed by atoms with E-state index < -0.39 is 0 Å². The Morgan fingerprint density at radius 2 is 1.50 bits per heavy atom. The predicted molar refractivity (Wildman–Crippen MR) is 81.5 cm³/mol. The van der Waals surface area contributed by atoms with Crippen molar-refractivity contribution < 1.29 is 9.59 Å². The van der Waals surface area contributed by atoms with Gasteiger partial charge in [-0.3, -0.25) is 14.5 Å². The summed E-state index contributed by atoms with van der Waals surface area (Å²) in [7, 11) is 0.